The standard InChI is InChI=1S/C13H14N2O2S/c16-18(17)12-7-5-11(6-8-12)15-13-4-2-1-3-10(13)9-14-15/h5-9H,1-4H2,(H,16,17). The highest BCUT2D eigenvalue weighted by Crippen LogP contribution is 2.23. The van der Waals surface area contributed by atoms with Crippen molar-refractivity contribution in [3.8, 4) is 5.69 Å². The van der Waals surface area contributed by atoms with Gasteiger partial charge in [0.15, 0.2) is 11.1 Å². The second-order valence-electron chi connectivity index (χ2n) is 4.48. The molecule has 0 spiro atoms. The van der Waals surface area contributed by atoms with Crippen molar-refractivity contribution in [2.45, 2.75) is 30.6 Å². The SMILES string of the molecule is O=S(O)c1ccc(-n2ncc3c2CCCC3)cc1. The normalized spacial score (nSPS) is 16.3. The Balaban J connectivity index is 1.99. The molecule has 2 aromatic rings. The third-order valence-corrected chi connectivity index (χ3v) is 4.02. The molecule has 0 saturated carbocycles. The number of hydrogen-bond acceptors (Lipinski definition) is 2. The minimum absolute atomic E-state index is 0.416. The van der Waals surface area contributed by atoms with Crippen LogP contribution in [-0.4, -0.2) is 18.5 Å². The summed E-state index contributed by atoms with van der Waals surface area (Å²) in [5.41, 5.74) is 3.56. The first-order valence-corrected chi connectivity index (χ1v) is 7.13. The summed E-state index contributed by atoms with van der Waals surface area (Å²) in [7, 11) is 0. The van der Waals surface area contributed by atoms with Crippen LogP contribution in [0.2, 0.25) is 0 Å². The molecule has 5 heteroatoms. The zero-order valence-electron chi connectivity index (χ0n) is 9.87. The highest BCUT2D eigenvalue weighted by Gasteiger charge is 2.15. The molecule has 4 nitrogen and oxygen atoms in total. The molecule has 0 radical (unpaired) electrons. The van der Waals surface area contributed by atoms with Crippen molar-refractivity contribution in [3.05, 3.63) is 41.7 Å². The summed E-state index contributed by atoms with van der Waals surface area (Å²) < 4.78 is 21.9. The van der Waals surface area contributed by atoms with E-state index in [4.69, 9.17) is 4.55 Å². The van der Waals surface area contributed by atoms with Gasteiger partial charge in [-0.2, -0.15) is 5.10 Å². The van der Waals surface area contributed by atoms with Gasteiger partial charge < -0.3 is 4.55 Å². The molecule has 1 aromatic heterocycles. The van der Waals surface area contributed by atoms with Crippen LogP contribution in [0, 0.1) is 0 Å². The second-order valence-corrected chi connectivity index (χ2v) is 5.45. The van der Waals surface area contributed by atoms with E-state index in [1.807, 2.05) is 23.0 Å². The number of rotatable bonds is 2. The molecule has 1 atom stereocenters. The van der Waals surface area contributed by atoms with Gasteiger partial charge in [0, 0.05) is 5.69 Å². The maximum Gasteiger partial charge on any atom is 0.186 e. The van der Waals surface area contributed by atoms with Crippen LogP contribution >= 0.6 is 0 Å². The van der Waals surface area contributed by atoms with Crippen LogP contribution in [0.1, 0.15) is 24.1 Å². The van der Waals surface area contributed by atoms with Crippen LogP contribution in [0.25, 0.3) is 5.69 Å². The molecule has 1 N–H and O–H groups in total. The van der Waals surface area contributed by atoms with E-state index in [1.54, 1.807) is 12.1 Å². The van der Waals surface area contributed by atoms with Gasteiger partial charge in [0.05, 0.1) is 16.8 Å². The molecule has 3 rings (SSSR count). The fraction of sp³-hybridized carbons (Fsp3) is 0.308. The Kier molecular flexibility index (Phi) is 3.01. The van der Waals surface area contributed by atoms with Crippen molar-refractivity contribution >= 4 is 11.1 Å². The van der Waals surface area contributed by atoms with Crippen LogP contribution in [-0.2, 0) is 23.9 Å². The van der Waals surface area contributed by atoms with Gasteiger partial charge in [-0.25, -0.2) is 8.89 Å². The van der Waals surface area contributed by atoms with Crippen molar-refractivity contribution in [1.29, 1.82) is 0 Å². The Bertz CT molecular complexity index is 590. The van der Waals surface area contributed by atoms with Gasteiger partial charge in [-0.1, -0.05) is 0 Å². The molecule has 1 heterocycles. The quantitative estimate of drug-likeness (QED) is 0.845. The highest BCUT2D eigenvalue weighted by atomic mass is 32.2. The van der Waals surface area contributed by atoms with Crippen LogP contribution < -0.4 is 0 Å². The number of aryl methyl sites for hydroxylation is 1. The number of hydrogen-bond donors (Lipinski definition) is 1. The van der Waals surface area contributed by atoms with Gasteiger partial charge in [0.1, 0.15) is 0 Å². The molecule has 0 amide bonds. The van der Waals surface area contributed by atoms with Crippen LogP contribution in [0.15, 0.2) is 35.4 Å². The van der Waals surface area contributed by atoms with Crippen molar-refractivity contribution in [3.63, 3.8) is 0 Å². The Morgan fingerprint density at radius 2 is 1.89 bits per heavy atom. The lowest BCUT2D eigenvalue weighted by molar-refractivity contribution is 0.564. The first kappa shape index (κ1) is 11.6. The van der Waals surface area contributed by atoms with E-state index < -0.39 is 11.1 Å². The average molecular weight is 262 g/mol. The highest BCUT2D eigenvalue weighted by molar-refractivity contribution is 7.79. The summed E-state index contributed by atoms with van der Waals surface area (Å²) in [6, 6.07) is 7.02. The molecule has 0 saturated heterocycles. The largest absolute Gasteiger partial charge is 0.302 e. The molecule has 94 valence electrons. The Morgan fingerprint density at radius 3 is 2.61 bits per heavy atom. The van der Waals surface area contributed by atoms with Gasteiger partial charge >= 0.3 is 0 Å². The van der Waals surface area contributed by atoms with E-state index in [-0.39, 0.29) is 0 Å². The number of nitrogens with zero attached hydrogens (tertiary/aromatic N) is 2. The van der Waals surface area contributed by atoms with Crippen molar-refractivity contribution in [2.75, 3.05) is 0 Å². The zero-order valence-corrected chi connectivity index (χ0v) is 10.7. The lowest BCUT2D eigenvalue weighted by atomic mass is 9.98. The number of fused-ring (bicyclic) bond motifs is 1. The topological polar surface area (TPSA) is 55.1 Å². The van der Waals surface area contributed by atoms with Crippen LogP contribution in [0.4, 0.5) is 0 Å². The first-order valence-electron chi connectivity index (χ1n) is 6.03. The van der Waals surface area contributed by atoms with E-state index in [0.29, 0.717) is 4.90 Å². The van der Waals surface area contributed by atoms with Crippen molar-refractivity contribution in [1.82, 2.24) is 9.78 Å². The third-order valence-electron chi connectivity index (χ3n) is 3.35. The molecule has 18 heavy (non-hydrogen) atoms. The Labute approximate surface area is 108 Å². The maximum absolute atomic E-state index is 10.9. The van der Waals surface area contributed by atoms with Crippen molar-refractivity contribution in [2.24, 2.45) is 0 Å². The van der Waals surface area contributed by atoms with Gasteiger partial charge in [-0.05, 0) is 55.5 Å². The number of benzene rings is 1. The second kappa shape index (κ2) is 4.66. The molecule has 0 fully saturated rings. The molecule has 0 bridgehead atoms. The predicted octanol–water partition coefficient (Wildman–Crippen LogP) is 2.33. The lowest BCUT2D eigenvalue weighted by Crippen LogP contribution is -2.07. The molecule has 1 unspecified atom stereocenters. The van der Waals surface area contributed by atoms with E-state index in [2.05, 4.69) is 5.10 Å². The van der Waals surface area contributed by atoms with Crippen LogP contribution in [0.5, 0.6) is 0 Å². The molecular formula is C13H14N2O2S. The lowest BCUT2D eigenvalue weighted by Gasteiger charge is -2.13. The summed E-state index contributed by atoms with van der Waals surface area (Å²) in [6.07, 6.45) is 6.54. The fourth-order valence-corrected chi connectivity index (χ4v) is 2.79. The molecule has 1 aliphatic rings. The number of aromatic nitrogens is 2. The monoisotopic (exact) mass is 262 g/mol. The predicted molar refractivity (Wildman–Crippen MR) is 69.2 cm³/mol. The van der Waals surface area contributed by atoms with Gasteiger partial charge in [0.2, 0.25) is 0 Å². The summed E-state index contributed by atoms with van der Waals surface area (Å²) in [5.74, 6) is 0. The van der Waals surface area contributed by atoms with Gasteiger partial charge in [-0.3, -0.25) is 0 Å². The smallest absolute Gasteiger partial charge is 0.186 e. The van der Waals surface area contributed by atoms with Crippen LogP contribution in [0.3, 0.4) is 0 Å². The Morgan fingerprint density at radius 1 is 1.17 bits per heavy atom. The molecular weight excluding hydrogens is 248 g/mol. The summed E-state index contributed by atoms with van der Waals surface area (Å²) >= 11 is -1.92. The van der Waals surface area contributed by atoms with E-state index in [9.17, 15) is 4.21 Å². The maximum atomic E-state index is 10.9. The average Bonchev–Trinajstić information content (AvgIpc) is 2.82. The van der Waals surface area contributed by atoms with E-state index in [1.165, 1.54) is 24.1 Å². The third kappa shape index (κ3) is 2.00. The van der Waals surface area contributed by atoms with Gasteiger partial charge in [-0.15, -0.1) is 0 Å². The molecule has 0 aliphatic heterocycles. The van der Waals surface area contributed by atoms with Gasteiger partial charge in [0.25, 0.3) is 0 Å². The minimum Gasteiger partial charge on any atom is -0.302 e. The van der Waals surface area contributed by atoms with E-state index in [0.717, 1.165) is 18.5 Å². The molecule has 1 aliphatic carbocycles. The summed E-state index contributed by atoms with van der Waals surface area (Å²) in [5, 5.41) is 4.42. The fourth-order valence-electron chi connectivity index (χ4n) is 2.42. The van der Waals surface area contributed by atoms with E-state index >= 15 is 0 Å². The molecule has 1 aromatic carbocycles. The minimum atomic E-state index is -1.92. The zero-order chi connectivity index (χ0) is 12.5. The summed E-state index contributed by atoms with van der Waals surface area (Å²) in [4.78, 5) is 0.416. The first-order chi connectivity index (χ1) is 8.75. The summed E-state index contributed by atoms with van der Waals surface area (Å²) in [6.45, 7) is 0. The Hall–Kier alpha value is -1.46. The van der Waals surface area contributed by atoms with Crippen molar-refractivity contribution < 1.29 is 8.76 Å².